The number of nitrogen functional groups attached to an aromatic ring is 1. The molecule has 1 aromatic carbocycles. The Morgan fingerprint density at radius 1 is 1.25 bits per heavy atom. The molecule has 0 aliphatic rings. The summed E-state index contributed by atoms with van der Waals surface area (Å²) in [4.78, 5) is 12.5. The second kappa shape index (κ2) is 5.56. The van der Waals surface area contributed by atoms with Crippen LogP contribution in [0.15, 0.2) is 43.2 Å². The van der Waals surface area contributed by atoms with Crippen LogP contribution < -0.4 is 11.1 Å². The van der Waals surface area contributed by atoms with Crippen LogP contribution in [0.5, 0.6) is 0 Å². The lowest BCUT2D eigenvalue weighted by Gasteiger charge is -2.09. The highest BCUT2D eigenvalue weighted by Gasteiger charge is 2.03. The summed E-state index contributed by atoms with van der Waals surface area (Å²) in [7, 11) is 0. The topological polar surface area (TPSA) is 81.6 Å². The molecule has 3 aromatic rings. The van der Waals surface area contributed by atoms with E-state index < -0.39 is 0 Å². The fourth-order valence-electron chi connectivity index (χ4n) is 2.10. The second-order valence-electron chi connectivity index (χ2n) is 4.58. The zero-order valence-corrected chi connectivity index (χ0v) is 11.0. The maximum Gasteiger partial charge on any atom is 0.137 e. The highest BCUT2D eigenvalue weighted by Crippen LogP contribution is 2.21. The minimum atomic E-state index is 0.716. The van der Waals surface area contributed by atoms with E-state index in [4.69, 9.17) is 5.73 Å². The molecule has 6 nitrogen and oxygen atoms in total. The van der Waals surface area contributed by atoms with Gasteiger partial charge >= 0.3 is 0 Å². The van der Waals surface area contributed by atoms with Crippen molar-refractivity contribution in [3.05, 3.63) is 43.2 Å². The standard InChI is InChI=1S/C14H16N6/c15-11-2-3-13-12(8-11)14(19-9-18-13)17-4-1-6-20-7-5-16-10-20/h2-3,5,7-10H,1,4,6,15H2,(H,17,18,19). The highest BCUT2D eigenvalue weighted by atomic mass is 15.0. The third kappa shape index (κ3) is 2.69. The summed E-state index contributed by atoms with van der Waals surface area (Å²) >= 11 is 0. The number of hydrogen-bond acceptors (Lipinski definition) is 5. The first kappa shape index (κ1) is 12.4. The molecule has 0 spiro atoms. The van der Waals surface area contributed by atoms with E-state index in [2.05, 4.69) is 24.8 Å². The van der Waals surface area contributed by atoms with Gasteiger partial charge in [-0.1, -0.05) is 0 Å². The number of anilines is 2. The van der Waals surface area contributed by atoms with E-state index in [0.717, 1.165) is 36.2 Å². The van der Waals surface area contributed by atoms with Crippen LogP contribution in [0.3, 0.4) is 0 Å². The second-order valence-corrected chi connectivity index (χ2v) is 4.58. The lowest BCUT2D eigenvalue weighted by Crippen LogP contribution is -2.07. The van der Waals surface area contributed by atoms with Gasteiger partial charge in [-0.15, -0.1) is 0 Å². The van der Waals surface area contributed by atoms with E-state index >= 15 is 0 Å². The van der Waals surface area contributed by atoms with Gasteiger partial charge in [0.15, 0.2) is 0 Å². The Morgan fingerprint density at radius 2 is 2.20 bits per heavy atom. The summed E-state index contributed by atoms with van der Waals surface area (Å²) in [6.45, 7) is 1.76. The molecule has 0 bridgehead atoms. The van der Waals surface area contributed by atoms with Gasteiger partial charge in [0.25, 0.3) is 0 Å². The molecule has 0 radical (unpaired) electrons. The largest absolute Gasteiger partial charge is 0.399 e. The maximum absolute atomic E-state index is 5.82. The van der Waals surface area contributed by atoms with Gasteiger partial charge < -0.3 is 15.6 Å². The summed E-state index contributed by atoms with van der Waals surface area (Å²) in [5.41, 5.74) is 7.43. The Morgan fingerprint density at radius 3 is 3.05 bits per heavy atom. The Balaban J connectivity index is 1.66. The predicted molar refractivity (Wildman–Crippen MR) is 79.3 cm³/mol. The van der Waals surface area contributed by atoms with Crippen molar-refractivity contribution in [3.63, 3.8) is 0 Å². The third-order valence-electron chi connectivity index (χ3n) is 3.10. The molecule has 102 valence electrons. The molecule has 2 aromatic heterocycles. The molecule has 0 saturated heterocycles. The van der Waals surface area contributed by atoms with Crippen LogP contribution in [-0.4, -0.2) is 26.1 Å². The van der Waals surface area contributed by atoms with Crippen molar-refractivity contribution in [2.45, 2.75) is 13.0 Å². The number of nitrogens with two attached hydrogens (primary N) is 1. The fourth-order valence-corrected chi connectivity index (χ4v) is 2.10. The minimum Gasteiger partial charge on any atom is -0.399 e. The third-order valence-corrected chi connectivity index (χ3v) is 3.10. The number of nitrogens with zero attached hydrogens (tertiary/aromatic N) is 4. The van der Waals surface area contributed by atoms with E-state index in [0.29, 0.717) is 5.69 Å². The molecule has 0 aliphatic carbocycles. The molecular formula is C14H16N6. The molecule has 0 unspecified atom stereocenters. The quantitative estimate of drug-likeness (QED) is 0.545. The van der Waals surface area contributed by atoms with E-state index in [1.807, 2.05) is 30.7 Å². The molecule has 0 amide bonds. The summed E-state index contributed by atoms with van der Waals surface area (Å²) in [6, 6.07) is 5.65. The Hall–Kier alpha value is -2.63. The molecule has 0 atom stereocenters. The highest BCUT2D eigenvalue weighted by molar-refractivity contribution is 5.91. The summed E-state index contributed by atoms with van der Waals surface area (Å²) in [5, 5.41) is 4.29. The maximum atomic E-state index is 5.82. The number of fused-ring (bicyclic) bond motifs is 1. The fraction of sp³-hybridized carbons (Fsp3) is 0.214. The monoisotopic (exact) mass is 268 g/mol. The van der Waals surface area contributed by atoms with Crippen molar-refractivity contribution in [2.75, 3.05) is 17.6 Å². The van der Waals surface area contributed by atoms with Crippen LogP contribution >= 0.6 is 0 Å². The number of hydrogen-bond donors (Lipinski definition) is 2. The smallest absolute Gasteiger partial charge is 0.137 e. The van der Waals surface area contributed by atoms with Crippen LogP contribution in [0.2, 0.25) is 0 Å². The zero-order valence-electron chi connectivity index (χ0n) is 11.0. The van der Waals surface area contributed by atoms with Crippen molar-refractivity contribution >= 4 is 22.4 Å². The van der Waals surface area contributed by atoms with Crippen LogP contribution in [0.1, 0.15) is 6.42 Å². The van der Waals surface area contributed by atoms with Crippen LogP contribution in [0, 0.1) is 0 Å². The Labute approximate surface area is 116 Å². The average Bonchev–Trinajstić information content (AvgIpc) is 2.97. The van der Waals surface area contributed by atoms with Gasteiger partial charge in [-0.05, 0) is 24.6 Å². The molecule has 2 heterocycles. The van der Waals surface area contributed by atoms with Gasteiger partial charge in [0, 0.05) is 36.6 Å². The van der Waals surface area contributed by atoms with E-state index in [-0.39, 0.29) is 0 Å². The summed E-state index contributed by atoms with van der Waals surface area (Å²) < 4.78 is 2.05. The SMILES string of the molecule is Nc1ccc2ncnc(NCCCn3ccnc3)c2c1. The normalized spacial score (nSPS) is 10.8. The molecule has 3 N–H and O–H groups in total. The molecular weight excluding hydrogens is 252 g/mol. The Kier molecular flexibility index (Phi) is 3.45. The van der Waals surface area contributed by atoms with E-state index in [1.54, 1.807) is 12.5 Å². The lowest BCUT2D eigenvalue weighted by atomic mass is 10.2. The number of rotatable bonds is 5. The number of imidazole rings is 1. The van der Waals surface area contributed by atoms with Gasteiger partial charge in [-0.25, -0.2) is 15.0 Å². The van der Waals surface area contributed by atoms with Crippen molar-refractivity contribution in [3.8, 4) is 0 Å². The first-order valence-corrected chi connectivity index (χ1v) is 6.53. The number of nitrogens with one attached hydrogen (secondary N) is 1. The van der Waals surface area contributed by atoms with Gasteiger partial charge in [-0.3, -0.25) is 0 Å². The molecule has 0 saturated carbocycles. The first-order valence-electron chi connectivity index (χ1n) is 6.53. The number of benzene rings is 1. The van der Waals surface area contributed by atoms with Crippen molar-refractivity contribution in [1.82, 2.24) is 19.5 Å². The van der Waals surface area contributed by atoms with Crippen LogP contribution in [-0.2, 0) is 6.54 Å². The molecule has 6 heteroatoms. The zero-order chi connectivity index (χ0) is 13.8. The number of aromatic nitrogens is 4. The summed E-state index contributed by atoms with van der Waals surface area (Å²) in [6.07, 6.45) is 8.12. The van der Waals surface area contributed by atoms with Gasteiger partial charge in [-0.2, -0.15) is 0 Å². The van der Waals surface area contributed by atoms with Crippen LogP contribution in [0.25, 0.3) is 10.9 Å². The molecule has 20 heavy (non-hydrogen) atoms. The molecule has 0 aliphatic heterocycles. The molecule has 3 rings (SSSR count). The predicted octanol–water partition coefficient (Wildman–Crippen LogP) is 1.91. The van der Waals surface area contributed by atoms with Gasteiger partial charge in [0.1, 0.15) is 12.1 Å². The van der Waals surface area contributed by atoms with E-state index in [1.165, 1.54) is 0 Å². The van der Waals surface area contributed by atoms with E-state index in [9.17, 15) is 0 Å². The minimum absolute atomic E-state index is 0.716. The molecule has 0 fully saturated rings. The number of aryl methyl sites for hydroxylation is 1. The van der Waals surface area contributed by atoms with Crippen molar-refractivity contribution in [2.24, 2.45) is 0 Å². The van der Waals surface area contributed by atoms with Gasteiger partial charge in [0.2, 0.25) is 0 Å². The Bertz CT molecular complexity index is 692. The summed E-state index contributed by atoms with van der Waals surface area (Å²) in [5.74, 6) is 0.827. The first-order chi connectivity index (χ1) is 9.83. The average molecular weight is 268 g/mol. The lowest BCUT2D eigenvalue weighted by molar-refractivity contribution is 0.660. The van der Waals surface area contributed by atoms with Crippen molar-refractivity contribution in [1.29, 1.82) is 0 Å². The van der Waals surface area contributed by atoms with Crippen LogP contribution in [0.4, 0.5) is 11.5 Å². The van der Waals surface area contributed by atoms with Gasteiger partial charge in [0.05, 0.1) is 11.8 Å². The van der Waals surface area contributed by atoms with Crippen molar-refractivity contribution < 1.29 is 0 Å².